The van der Waals surface area contributed by atoms with Crippen LogP contribution in [0.25, 0.3) is 10.8 Å². The fraction of sp³-hybridized carbons (Fsp3) is 0.500. The topological polar surface area (TPSA) is 96.4 Å². The first-order chi connectivity index (χ1) is 18.7. The van der Waals surface area contributed by atoms with Crippen molar-refractivity contribution < 1.29 is 29.0 Å². The summed E-state index contributed by atoms with van der Waals surface area (Å²) in [5.74, 6) is -3.03. The van der Waals surface area contributed by atoms with Gasteiger partial charge in [0, 0.05) is 17.1 Å². The first kappa shape index (κ1) is 27.8. The normalized spacial score (nSPS) is 30.1. The average molecular weight is 600 g/mol. The number of halogens is 1. The Bertz CT molecular complexity index is 1300. The van der Waals surface area contributed by atoms with Crippen molar-refractivity contribution in [2.24, 2.45) is 17.8 Å². The Balaban J connectivity index is 1.64. The minimum absolute atomic E-state index is 0.143. The lowest BCUT2D eigenvalue weighted by Crippen LogP contribution is -2.60. The van der Waals surface area contributed by atoms with E-state index in [0.717, 1.165) is 10.8 Å². The van der Waals surface area contributed by atoms with Gasteiger partial charge < -0.3 is 24.4 Å². The van der Waals surface area contributed by atoms with Crippen LogP contribution in [-0.4, -0.2) is 76.2 Å². The lowest BCUT2D eigenvalue weighted by atomic mass is 9.70. The number of rotatable bonds is 9. The second-order valence-corrected chi connectivity index (χ2v) is 12.1. The minimum atomic E-state index is -1.23. The molecule has 3 saturated heterocycles. The van der Waals surface area contributed by atoms with E-state index in [1.165, 1.54) is 4.90 Å². The molecular weight excluding hydrogens is 564 g/mol. The zero-order valence-corrected chi connectivity index (χ0v) is 24.0. The lowest BCUT2D eigenvalue weighted by Gasteiger charge is -2.40. The SMILES string of the molecule is C=CCN(C(=O)[C@H]1N([C@@H](CO)C(C)C)C(=O)[C@@H]2[C@@H](C(=O)OCC)[C@@H]3O[C@@]21CC3Br)c1ccc2ccccc2c1. The third kappa shape index (κ3) is 4.30. The molecule has 0 aliphatic carbocycles. The third-order valence-corrected chi connectivity index (χ3v) is 9.30. The molecule has 0 saturated carbocycles. The number of hydrogen-bond donors (Lipinski definition) is 1. The Morgan fingerprint density at radius 2 is 2.00 bits per heavy atom. The Morgan fingerprint density at radius 1 is 1.28 bits per heavy atom. The van der Waals surface area contributed by atoms with Crippen LogP contribution in [0.5, 0.6) is 0 Å². The number of hydrogen-bond acceptors (Lipinski definition) is 6. The maximum atomic E-state index is 14.7. The van der Waals surface area contributed by atoms with Gasteiger partial charge in [-0.15, -0.1) is 6.58 Å². The molecule has 8 nitrogen and oxygen atoms in total. The second kappa shape index (κ2) is 10.7. The summed E-state index contributed by atoms with van der Waals surface area (Å²) in [6.07, 6.45) is 1.44. The predicted octanol–water partition coefficient (Wildman–Crippen LogP) is 3.69. The standard InChI is InChI=1S/C30H35BrN2O6/c1-5-13-32(20-12-11-18-9-7-8-10-19(18)14-20)28(36)26-30-15-21(31)25(39-30)23(29(37)38-6-2)24(30)27(35)33(26)22(16-34)17(3)4/h5,7-12,14,17,21-26,34H,1,6,13,15-16H2,2-4H3/t21?,22-,23+,24-,25+,26+,30-/m0/s1. The van der Waals surface area contributed by atoms with Crippen LogP contribution in [0.4, 0.5) is 5.69 Å². The molecule has 39 heavy (non-hydrogen) atoms. The maximum Gasteiger partial charge on any atom is 0.312 e. The molecule has 5 rings (SSSR count). The van der Waals surface area contributed by atoms with Crippen LogP contribution in [0.2, 0.25) is 0 Å². The number of benzene rings is 2. The van der Waals surface area contributed by atoms with Crippen molar-refractivity contribution in [1.82, 2.24) is 4.90 Å². The summed E-state index contributed by atoms with van der Waals surface area (Å²) in [6, 6.07) is 12.0. The molecule has 1 unspecified atom stereocenters. The molecule has 2 aromatic rings. The summed E-state index contributed by atoms with van der Waals surface area (Å²) in [5, 5.41) is 12.4. The number of esters is 1. The molecule has 2 aromatic carbocycles. The van der Waals surface area contributed by atoms with E-state index in [2.05, 4.69) is 22.5 Å². The summed E-state index contributed by atoms with van der Waals surface area (Å²) in [6.45, 7) is 9.47. The van der Waals surface area contributed by atoms with Crippen LogP contribution in [0.1, 0.15) is 27.2 Å². The Hall–Kier alpha value is -2.75. The molecule has 1 N–H and O–H groups in total. The van der Waals surface area contributed by atoms with Gasteiger partial charge in [0.05, 0.1) is 37.2 Å². The second-order valence-electron chi connectivity index (χ2n) is 10.9. The molecular formula is C30H35BrN2O6. The van der Waals surface area contributed by atoms with Crippen LogP contribution in [-0.2, 0) is 23.9 Å². The zero-order valence-electron chi connectivity index (χ0n) is 22.5. The highest BCUT2D eigenvalue weighted by Gasteiger charge is 2.77. The smallest absolute Gasteiger partial charge is 0.312 e. The highest BCUT2D eigenvalue weighted by molar-refractivity contribution is 9.09. The van der Waals surface area contributed by atoms with Gasteiger partial charge in [0.2, 0.25) is 5.91 Å². The highest BCUT2D eigenvalue weighted by Crippen LogP contribution is 2.61. The van der Waals surface area contributed by atoms with Crippen molar-refractivity contribution in [2.45, 2.75) is 55.8 Å². The van der Waals surface area contributed by atoms with Crippen molar-refractivity contribution in [2.75, 3.05) is 24.7 Å². The maximum absolute atomic E-state index is 14.7. The largest absolute Gasteiger partial charge is 0.466 e. The van der Waals surface area contributed by atoms with Gasteiger partial charge >= 0.3 is 5.97 Å². The Morgan fingerprint density at radius 3 is 2.64 bits per heavy atom. The average Bonchev–Trinajstić information content (AvgIpc) is 3.51. The summed E-state index contributed by atoms with van der Waals surface area (Å²) in [5.41, 5.74) is -0.566. The van der Waals surface area contributed by atoms with Crippen molar-refractivity contribution >= 4 is 50.2 Å². The van der Waals surface area contributed by atoms with E-state index in [0.29, 0.717) is 12.1 Å². The number of fused-ring (bicyclic) bond motifs is 2. The minimum Gasteiger partial charge on any atom is -0.466 e. The van der Waals surface area contributed by atoms with E-state index in [9.17, 15) is 19.5 Å². The van der Waals surface area contributed by atoms with Gasteiger partial charge in [-0.1, -0.05) is 66.2 Å². The van der Waals surface area contributed by atoms with E-state index >= 15 is 0 Å². The lowest BCUT2D eigenvalue weighted by molar-refractivity contribution is -0.155. The van der Waals surface area contributed by atoms with E-state index < -0.39 is 41.6 Å². The number of carbonyl (C=O) groups excluding carboxylic acids is 3. The number of ether oxygens (including phenoxy) is 2. The number of carbonyl (C=O) groups is 3. The quantitative estimate of drug-likeness (QED) is 0.269. The van der Waals surface area contributed by atoms with Crippen molar-refractivity contribution in [3.8, 4) is 0 Å². The van der Waals surface area contributed by atoms with Crippen LogP contribution >= 0.6 is 15.9 Å². The third-order valence-electron chi connectivity index (χ3n) is 8.46. The van der Waals surface area contributed by atoms with E-state index in [-0.39, 0.29) is 42.3 Å². The molecule has 3 aliphatic rings. The fourth-order valence-electron chi connectivity index (χ4n) is 6.78. The predicted molar refractivity (Wildman–Crippen MR) is 151 cm³/mol. The summed E-state index contributed by atoms with van der Waals surface area (Å²) < 4.78 is 11.9. The van der Waals surface area contributed by atoms with Gasteiger partial charge in [0.1, 0.15) is 11.6 Å². The number of nitrogens with zero attached hydrogens (tertiary/aromatic N) is 2. The Labute approximate surface area is 237 Å². The van der Waals surface area contributed by atoms with Gasteiger partial charge in [0.25, 0.3) is 5.91 Å². The number of likely N-dealkylation sites (tertiary alicyclic amines) is 1. The number of aliphatic hydroxyl groups excluding tert-OH is 1. The molecule has 1 spiro atoms. The molecule has 9 heteroatoms. The number of alkyl halides is 1. The molecule has 3 heterocycles. The number of anilines is 1. The van der Waals surface area contributed by atoms with Gasteiger partial charge in [-0.3, -0.25) is 14.4 Å². The van der Waals surface area contributed by atoms with Crippen molar-refractivity contribution in [3.05, 3.63) is 55.1 Å². The molecule has 3 fully saturated rings. The van der Waals surface area contributed by atoms with E-state index in [1.54, 1.807) is 17.9 Å². The number of amides is 2. The van der Waals surface area contributed by atoms with Crippen LogP contribution < -0.4 is 4.90 Å². The molecule has 2 bridgehead atoms. The van der Waals surface area contributed by atoms with Gasteiger partial charge in [0.15, 0.2) is 0 Å². The Kier molecular flexibility index (Phi) is 7.61. The highest BCUT2D eigenvalue weighted by atomic mass is 79.9. The first-order valence-corrected chi connectivity index (χ1v) is 14.4. The molecule has 2 amide bonds. The van der Waals surface area contributed by atoms with Gasteiger partial charge in [-0.05, 0) is 42.2 Å². The molecule has 0 radical (unpaired) electrons. The van der Waals surface area contributed by atoms with Crippen LogP contribution in [0.15, 0.2) is 55.1 Å². The van der Waals surface area contributed by atoms with E-state index in [1.807, 2.05) is 56.3 Å². The molecule has 0 aromatic heterocycles. The van der Waals surface area contributed by atoms with Crippen LogP contribution in [0.3, 0.4) is 0 Å². The monoisotopic (exact) mass is 598 g/mol. The fourth-order valence-corrected chi connectivity index (χ4v) is 7.72. The van der Waals surface area contributed by atoms with Gasteiger partial charge in [-0.2, -0.15) is 0 Å². The summed E-state index contributed by atoms with van der Waals surface area (Å²) in [7, 11) is 0. The van der Waals surface area contributed by atoms with E-state index in [4.69, 9.17) is 9.47 Å². The summed E-state index contributed by atoms with van der Waals surface area (Å²) in [4.78, 5) is 45.0. The number of aliphatic hydroxyl groups is 1. The molecule has 7 atom stereocenters. The van der Waals surface area contributed by atoms with Crippen molar-refractivity contribution in [1.29, 1.82) is 0 Å². The van der Waals surface area contributed by atoms with Crippen LogP contribution in [0, 0.1) is 17.8 Å². The van der Waals surface area contributed by atoms with Gasteiger partial charge in [-0.25, -0.2) is 0 Å². The molecule has 3 aliphatic heterocycles. The molecule has 208 valence electrons. The zero-order chi connectivity index (χ0) is 28.1. The first-order valence-electron chi connectivity index (χ1n) is 13.5. The van der Waals surface area contributed by atoms with Crippen molar-refractivity contribution in [3.63, 3.8) is 0 Å². The summed E-state index contributed by atoms with van der Waals surface area (Å²) >= 11 is 3.67.